The summed E-state index contributed by atoms with van der Waals surface area (Å²) in [7, 11) is 1.44. The van der Waals surface area contributed by atoms with Crippen molar-refractivity contribution in [2.24, 2.45) is 0 Å². The van der Waals surface area contributed by atoms with Gasteiger partial charge in [-0.05, 0) is 65.9 Å². The van der Waals surface area contributed by atoms with Crippen LogP contribution in [0.1, 0.15) is 31.4 Å². The molecular weight excluding hydrogens is 508 g/mol. The van der Waals surface area contributed by atoms with Gasteiger partial charge in [0.05, 0.1) is 12.2 Å². The van der Waals surface area contributed by atoms with Crippen LogP contribution in [0.25, 0.3) is 17.2 Å². The monoisotopic (exact) mass is 540 g/mol. The summed E-state index contributed by atoms with van der Waals surface area (Å²) in [5.41, 5.74) is 3.89. The van der Waals surface area contributed by atoms with Crippen molar-refractivity contribution in [3.05, 3.63) is 108 Å². The van der Waals surface area contributed by atoms with E-state index in [0.29, 0.717) is 11.3 Å². The van der Waals surface area contributed by atoms with Gasteiger partial charge in [-0.2, -0.15) is 0 Å². The van der Waals surface area contributed by atoms with E-state index in [1.54, 1.807) is 49.4 Å². The number of hydrogen-bond acceptors (Lipinski definition) is 7. The zero-order valence-electron chi connectivity index (χ0n) is 22.9. The summed E-state index contributed by atoms with van der Waals surface area (Å²) in [6.07, 6.45) is 5.00. The summed E-state index contributed by atoms with van der Waals surface area (Å²) in [6, 6.07) is 19.5. The topological polar surface area (TPSA) is 88.1 Å². The van der Waals surface area contributed by atoms with Gasteiger partial charge in [0.15, 0.2) is 11.5 Å². The van der Waals surface area contributed by atoms with Gasteiger partial charge in [-0.3, -0.25) is 0 Å². The quantitative estimate of drug-likeness (QED) is 0.147. The Hall–Kier alpha value is -4.75. The number of carbonyl (C=O) groups is 3. The lowest BCUT2D eigenvalue weighted by atomic mass is 10.0. The summed E-state index contributed by atoms with van der Waals surface area (Å²) in [5, 5.41) is 0. The average Bonchev–Trinajstić information content (AvgIpc) is 2.94. The smallest absolute Gasteiger partial charge is 0.341 e. The molecule has 0 aliphatic carbocycles. The maximum absolute atomic E-state index is 12.7. The number of benzene rings is 3. The van der Waals surface area contributed by atoms with Crippen molar-refractivity contribution < 1.29 is 33.3 Å². The van der Waals surface area contributed by atoms with Crippen LogP contribution in [0.2, 0.25) is 0 Å². The summed E-state index contributed by atoms with van der Waals surface area (Å²) in [6.45, 7) is 10.9. The SMILES string of the molecule is C=C(C)C(=O)Oc1ccc(-c2ccc(OC(=O)C(=C)COC)c(OC(=O)/C=C/c3ccc(CCC)cc3)c2)cc1. The minimum Gasteiger partial charge on any atom is -0.423 e. The fourth-order valence-corrected chi connectivity index (χ4v) is 3.56. The Morgan fingerprint density at radius 2 is 1.48 bits per heavy atom. The van der Waals surface area contributed by atoms with Gasteiger partial charge >= 0.3 is 17.9 Å². The Kier molecular flexibility index (Phi) is 10.7. The van der Waals surface area contributed by atoms with Gasteiger partial charge in [-0.1, -0.05) is 69.0 Å². The molecule has 3 aromatic rings. The van der Waals surface area contributed by atoms with E-state index < -0.39 is 17.9 Å². The highest BCUT2D eigenvalue weighted by Gasteiger charge is 2.17. The van der Waals surface area contributed by atoms with E-state index in [0.717, 1.165) is 24.0 Å². The maximum Gasteiger partial charge on any atom is 0.341 e. The highest BCUT2D eigenvalue weighted by atomic mass is 16.6. The molecule has 40 heavy (non-hydrogen) atoms. The predicted octanol–water partition coefficient (Wildman–Crippen LogP) is 6.51. The fraction of sp³-hybridized carbons (Fsp3) is 0.182. The van der Waals surface area contributed by atoms with Crippen molar-refractivity contribution in [1.82, 2.24) is 0 Å². The third-order valence-electron chi connectivity index (χ3n) is 5.64. The highest BCUT2D eigenvalue weighted by Crippen LogP contribution is 2.34. The molecule has 0 amide bonds. The molecule has 0 heterocycles. The Balaban J connectivity index is 1.84. The Bertz CT molecular complexity index is 1410. The number of hydrogen-bond donors (Lipinski definition) is 0. The Labute approximate surface area is 234 Å². The molecule has 0 atom stereocenters. The number of aryl methyl sites for hydroxylation is 1. The summed E-state index contributed by atoms with van der Waals surface area (Å²) >= 11 is 0. The van der Waals surface area contributed by atoms with Crippen molar-refractivity contribution in [1.29, 1.82) is 0 Å². The van der Waals surface area contributed by atoms with E-state index in [1.165, 1.54) is 24.8 Å². The maximum atomic E-state index is 12.7. The van der Waals surface area contributed by atoms with E-state index >= 15 is 0 Å². The summed E-state index contributed by atoms with van der Waals surface area (Å²) < 4.78 is 21.2. The van der Waals surface area contributed by atoms with Crippen LogP contribution in [-0.4, -0.2) is 31.6 Å². The van der Waals surface area contributed by atoms with Crippen LogP contribution >= 0.6 is 0 Å². The van der Waals surface area contributed by atoms with E-state index in [4.69, 9.17) is 18.9 Å². The van der Waals surface area contributed by atoms with Crippen molar-refractivity contribution in [2.75, 3.05) is 13.7 Å². The first-order chi connectivity index (χ1) is 19.2. The van der Waals surface area contributed by atoms with Crippen LogP contribution < -0.4 is 14.2 Å². The molecule has 0 radical (unpaired) electrons. The largest absolute Gasteiger partial charge is 0.423 e. The van der Waals surface area contributed by atoms with Gasteiger partial charge in [0.1, 0.15) is 5.75 Å². The van der Waals surface area contributed by atoms with Crippen LogP contribution in [0, 0.1) is 0 Å². The van der Waals surface area contributed by atoms with Gasteiger partial charge in [0.25, 0.3) is 0 Å². The number of ether oxygens (including phenoxy) is 4. The van der Waals surface area contributed by atoms with Crippen molar-refractivity contribution in [3.63, 3.8) is 0 Å². The van der Waals surface area contributed by atoms with Crippen LogP contribution in [0.4, 0.5) is 0 Å². The molecule has 3 rings (SSSR count). The van der Waals surface area contributed by atoms with Gasteiger partial charge in [0, 0.05) is 18.8 Å². The molecule has 0 aliphatic rings. The van der Waals surface area contributed by atoms with Gasteiger partial charge in [-0.15, -0.1) is 0 Å². The standard InChI is InChI=1S/C33H32O7/c1-6-7-24-8-10-25(11-9-24)12-19-31(34)39-30-20-27(15-18-29(30)40-33(36)23(4)21-37-5)26-13-16-28(17-14-26)38-32(35)22(2)3/h8-20H,2,4,6-7,21H2,1,3,5H3/b19-12+. The molecule has 7 heteroatoms. The molecule has 0 unspecified atom stereocenters. The second-order valence-corrected chi connectivity index (χ2v) is 9.03. The third-order valence-corrected chi connectivity index (χ3v) is 5.64. The lowest BCUT2D eigenvalue weighted by Crippen LogP contribution is -2.15. The van der Waals surface area contributed by atoms with E-state index in [-0.39, 0.29) is 29.3 Å². The molecule has 0 aromatic heterocycles. The van der Waals surface area contributed by atoms with Crippen molar-refractivity contribution in [2.45, 2.75) is 26.7 Å². The molecule has 0 bridgehead atoms. The first-order valence-corrected chi connectivity index (χ1v) is 12.7. The number of esters is 3. The predicted molar refractivity (Wildman–Crippen MR) is 154 cm³/mol. The zero-order valence-corrected chi connectivity index (χ0v) is 22.9. The molecule has 0 saturated heterocycles. The lowest BCUT2D eigenvalue weighted by molar-refractivity contribution is -0.132. The average molecular weight is 541 g/mol. The van der Waals surface area contributed by atoms with E-state index in [2.05, 4.69) is 20.1 Å². The highest BCUT2D eigenvalue weighted by molar-refractivity contribution is 5.92. The summed E-state index contributed by atoms with van der Waals surface area (Å²) in [4.78, 5) is 37.0. The fourth-order valence-electron chi connectivity index (χ4n) is 3.56. The molecule has 3 aromatic carbocycles. The normalized spacial score (nSPS) is 10.7. The lowest BCUT2D eigenvalue weighted by Gasteiger charge is -2.13. The molecule has 7 nitrogen and oxygen atoms in total. The second-order valence-electron chi connectivity index (χ2n) is 9.03. The van der Waals surface area contributed by atoms with E-state index in [1.807, 2.05) is 24.3 Å². The van der Waals surface area contributed by atoms with E-state index in [9.17, 15) is 14.4 Å². The first-order valence-electron chi connectivity index (χ1n) is 12.7. The van der Waals surface area contributed by atoms with Crippen molar-refractivity contribution >= 4 is 24.0 Å². The summed E-state index contributed by atoms with van der Waals surface area (Å²) in [5.74, 6) is -1.43. The minimum atomic E-state index is -0.710. The van der Waals surface area contributed by atoms with Crippen LogP contribution in [-0.2, 0) is 25.5 Å². The van der Waals surface area contributed by atoms with Gasteiger partial charge in [-0.25, -0.2) is 14.4 Å². The molecule has 0 spiro atoms. The molecule has 0 N–H and O–H groups in total. The molecule has 0 saturated carbocycles. The van der Waals surface area contributed by atoms with Crippen molar-refractivity contribution in [3.8, 4) is 28.4 Å². The Morgan fingerprint density at radius 3 is 2.10 bits per heavy atom. The number of methoxy groups -OCH3 is 1. The Morgan fingerprint density at radius 1 is 0.800 bits per heavy atom. The number of carbonyl (C=O) groups excluding carboxylic acids is 3. The van der Waals surface area contributed by atoms with Gasteiger partial charge < -0.3 is 18.9 Å². The number of rotatable bonds is 12. The van der Waals surface area contributed by atoms with Crippen LogP contribution in [0.5, 0.6) is 17.2 Å². The zero-order chi connectivity index (χ0) is 29.1. The van der Waals surface area contributed by atoms with Crippen LogP contribution in [0.15, 0.2) is 97.1 Å². The van der Waals surface area contributed by atoms with Gasteiger partial charge in [0.2, 0.25) is 0 Å². The minimum absolute atomic E-state index is 0.00583. The molecule has 0 aliphatic heterocycles. The third kappa shape index (κ3) is 8.64. The first kappa shape index (κ1) is 29.8. The molecular formula is C33H32O7. The second kappa shape index (κ2) is 14.4. The van der Waals surface area contributed by atoms with Crippen LogP contribution in [0.3, 0.4) is 0 Å². The molecule has 206 valence electrons. The molecule has 0 fully saturated rings.